The van der Waals surface area contributed by atoms with E-state index in [1.54, 1.807) is 6.92 Å². The lowest BCUT2D eigenvalue weighted by molar-refractivity contribution is -0.130. The average molecular weight is 326 g/mol. The summed E-state index contributed by atoms with van der Waals surface area (Å²) in [7, 11) is 0. The summed E-state index contributed by atoms with van der Waals surface area (Å²) in [6.45, 7) is 3.05. The van der Waals surface area contributed by atoms with Crippen molar-refractivity contribution in [2.75, 3.05) is 6.54 Å². The van der Waals surface area contributed by atoms with Gasteiger partial charge in [0.1, 0.15) is 6.04 Å². The predicted octanol–water partition coefficient (Wildman–Crippen LogP) is 1.37. The van der Waals surface area contributed by atoms with Gasteiger partial charge in [-0.1, -0.05) is 36.8 Å². The lowest BCUT2D eigenvalue weighted by Gasteiger charge is -2.24. The third-order valence-corrected chi connectivity index (χ3v) is 3.69. The van der Waals surface area contributed by atoms with Crippen LogP contribution in [0.25, 0.3) is 0 Å². The van der Waals surface area contributed by atoms with Crippen LogP contribution in [-0.4, -0.2) is 30.4 Å². The van der Waals surface area contributed by atoms with Gasteiger partial charge in [-0.15, -0.1) is 12.4 Å². The summed E-state index contributed by atoms with van der Waals surface area (Å²) >= 11 is 0. The molecule has 2 rings (SSSR count). The second-order valence-corrected chi connectivity index (χ2v) is 5.44. The number of carbonyl (C=O) groups excluding carboxylic acids is 2. The van der Waals surface area contributed by atoms with E-state index in [1.807, 2.05) is 30.3 Å². The zero-order valence-electron chi connectivity index (χ0n) is 12.8. The van der Waals surface area contributed by atoms with E-state index in [0.717, 1.165) is 31.4 Å². The van der Waals surface area contributed by atoms with Crippen molar-refractivity contribution in [2.24, 2.45) is 0 Å². The van der Waals surface area contributed by atoms with Crippen molar-refractivity contribution in [2.45, 2.75) is 44.8 Å². The Kier molecular flexibility index (Phi) is 7.91. The Labute approximate surface area is 137 Å². The number of piperidine rings is 1. The fraction of sp³-hybridized carbons (Fsp3) is 0.500. The number of carbonyl (C=O) groups is 2. The minimum absolute atomic E-state index is 0. The molecule has 1 aliphatic heterocycles. The smallest absolute Gasteiger partial charge is 0.242 e. The van der Waals surface area contributed by atoms with Crippen LogP contribution in [0.2, 0.25) is 0 Å². The van der Waals surface area contributed by atoms with E-state index in [-0.39, 0.29) is 30.3 Å². The maximum Gasteiger partial charge on any atom is 0.242 e. The number of halogens is 1. The van der Waals surface area contributed by atoms with E-state index in [4.69, 9.17) is 0 Å². The van der Waals surface area contributed by atoms with E-state index < -0.39 is 6.04 Å². The molecule has 122 valence electrons. The third kappa shape index (κ3) is 5.66. The molecule has 22 heavy (non-hydrogen) atoms. The highest BCUT2D eigenvalue weighted by atomic mass is 35.5. The molecule has 0 saturated carbocycles. The standard InChI is InChI=1S/C16H23N3O2.ClH/c1-12(19-16(21)14-9-5-6-10-17-14)15(20)18-11-13-7-3-2-4-8-13;/h2-4,7-8,12,14,17H,5-6,9-11H2,1H3,(H,18,20)(H,19,21);1H. The zero-order valence-corrected chi connectivity index (χ0v) is 13.6. The minimum Gasteiger partial charge on any atom is -0.350 e. The van der Waals surface area contributed by atoms with E-state index in [9.17, 15) is 9.59 Å². The lowest BCUT2D eigenvalue weighted by Crippen LogP contribution is -2.52. The molecular weight excluding hydrogens is 302 g/mol. The first-order chi connectivity index (χ1) is 10.2. The highest BCUT2D eigenvalue weighted by Crippen LogP contribution is 2.07. The first kappa shape index (κ1) is 18.5. The lowest BCUT2D eigenvalue weighted by atomic mass is 10.0. The average Bonchev–Trinajstić information content (AvgIpc) is 2.54. The van der Waals surface area contributed by atoms with Crippen molar-refractivity contribution in [1.82, 2.24) is 16.0 Å². The summed E-state index contributed by atoms with van der Waals surface area (Å²) in [6, 6.07) is 9.02. The Morgan fingerprint density at radius 1 is 1.27 bits per heavy atom. The Bertz CT molecular complexity index is 476. The second-order valence-electron chi connectivity index (χ2n) is 5.44. The maximum atomic E-state index is 12.0. The van der Waals surface area contributed by atoms with Gasteiger partial charge in [0, 0.05) is 6.54 Å². The van der Waals surface area contributed by atoms with Gasteiger partial charge in [-0.3, -0.25) is 9.59 Å². The van der Waals surface area contributed by atoms with Crippen LogP contribution in [0.1, 0.15) is 31.7 Å². The van der Waals surface area contributed by atoms with E-state index in [0.29, 0.717) is 6.54 Å². The molecule has 1 aromatic carbocycles. The molecule has 1 aromatic rings. The fourth-order valence-electron chi connectivity index (χ4n) is 2.39. The molecule has 0 aromatic heterocycles. The molecule has 1 saturated heterocycles. The largest absolute Gasteiger partial charge is 0.350 e. The van der Waals surface area contributed by atoms with Crippen LogP contribution in [0.15, 0.2) is 30.3 Å². The van der Waals surface area contributed by atoms with Gasteiger partial charge in [-0.25, -0.2) is 0 Å². The van der Waals surface area contributed by atoms with Crippen molar-refractivity contribution in [3.05, 3.63) is 35.9 Å². The van der Waals surface area contributed by atoms with E-state index in [1.165, 1.54) is 0 Å². The van der Waals surface area contributed by atoms with Gasteiger partial charge in [0.25, 0.3) is 0 Å². The van der Waals surface area contributed by atoms with Crippen molar-refractivity contribution >= 4 is 24.2 Å². The number of benzene rings is 1. The van der Waals surface area contributed by atoms with Crippen LogP contribution < -0.4 is 16.0 Å². The zero-order chi connectivity index (χ0) is 15.1. The first-order valence-electron chi connectivity index (χ1n) is 7.52. The van der Waals surface area contributed by atoms with Crippen LogP contribution >= 0.6 is 12.4 Å². The quantitative estimate of drug-likeness (QED) is 0.766. The molecule has 0 bridgehead atoms. The van der Waals surface area contributed by atoms with Gasteiger partial charge < -0.3 is 16.0 Å². The van der Waals surface area contributed by atoms with Crippen LogP contribution in [0.3, 0.4) is 0 Å². The van der Waals surface area contributed by atoms with E-state index in [2.05, 4.69) is 16.0 Å². The number of hydrogen-bond acceptors (Lipinski definition) is 3. The van der Waals surface area contributed by atoms with Gasteiger partial charge in [-0.2, -0.15) is 0 Å². The normalized spacial score (nSPS) is 18.7. The van der Waals surface area contributed by atoms with E-state index >= 15 is 0 Å². The number of hydrogen-bond donors (Lipinski definition) is 3. The molecule has 1 fully saturated rings. The molecule has 5 nitrogen and oxygen atoms in total. The van der Waals surface area contributed by atoms with Crippen LogP contribution in [0.4, 0.5) is 0 Å². The summed E-state index contributed by atoms with van der Waals surface area (Å²) in [5, 5.41) is 8.78. The second kappa shape index (κ2) is 9.43. The number of amides is 2. The van der Waals surface area contributed by atoms with Gasteiger partial charge in [0.15, 0.2) is 0 Å². The fourth-order valence-corrected chi connectivity index (χ4v) is 2.39. The summed E-state index contributed by atoms with van der Waals surface area (Å²) in [4.78, 5) is 24.0. The summed E-state index contributed by atoms with van der Waals surface area (Å²) in [5.74, 6) is -0.250. The third-order valence-electron chi connectivity index (χ3n) is 3.69. The Hall–Kier alpha value is -1.59. The molecule has 1 aliphatic rings. The van der Waals surface area contributed by atoms with Gasteiger partial charge in [0.2, 0.25) is 11.8 Å². The molecule has 0 radical (unpaired) electrons. The van der Waals surface area contributed by atoms with Crippen LogP contribution in [0.5, 0.6) is 0 Å². The molecule has 0 aliphatic carbocycles. The minimum atomic E-state index is -0.523. The monoisotopic (exact) mass is 325 g/mol. The summed E-state index contributed by atoms with van der Waals surface area (Å²) in [5.41, 5.74) is 1.04. The first-order valence-corrected chi connectivity index (χ1v) is 7.52. The topological polar surface area (TPSA) is 70.2 Å². The highest BCUT2D eigenvalue weighted by molar-refractivity contribution is 5.89. The Morgan fingerprint density at radius 2 is 2.00 bits per heavy atom. The molecule has 2 unspecified atom stereocenters. The number of nitrogens with one attached hydrogen (secondary N) is 3. The summed E-state index contributed by atoms with van der Waals surface area (Å²) < 4.78 is 0. The van der Waals surface area contributed by atoms with Crippen LogP contribution in [-0.2, 0) is 16.1 Å². The van der Waals surface area contributed by atoms with Gasteiger partial charge in [0.05, 0.1) is 6.04 Å². The molecular formula is C16H24ClN3O2. The van der Waals surface area contributed by atoms with Gasteiger partial charge in [-0.05, 0) is 31.9 Å². The molecule has 2 amide bonds. The van der Waals surface area contributed by atoms with Crippen molar-refractivity contribution < 1.29 is 9.59 Å². The Morgan fingerprint density at radius 3 is 2.64 bits per heavy atom. The predicted molar refractivity (Wildman–Crippen MR) is 88.8 cm³/mol. The van der Waals surface area contributed by atoms with Crippen molar-refractivity contribution in [3.63, 3.8) is 0 Å². The van der Waals surface area contributed by atoms with Crippen molar-refractivity contribution in [1.29, 1.82) is 0 Å². The molecule has 6 heteroatoms. The van der Waals surface area contributed by atoms with Crippen molar-refractivity contribution in [3.8, 4) is 0 Å². The molecule has 1 heterocycles. The van der Waals surface area contributed by atoms with Crippen LogP contribution in [0, 0.1) is 0 Å². The summed E-state index contributed by atoms with van der Waals surface area (Å²) in [6.07, 6.45) is 3.00. The highest BCUT2D eigenvalue weighted by Gasteiger charge is 2.23. The SMILES string of the molecule is CC(NC(=O)C1CCCCN1)C(=O)NCc1ccccc1.Cl. The van der Waals surface area contributed by atoms with Gasteiger partial charge >= 0.3 is 0 Å². The molecule has 3 N–H and O–H groups in total. The molecule has 0 spiro atoms. The Balaban J connectivity index is 0.00000242. The molecule has 2 atom stereocenters. The maximum absolute atomic E-state index is 12.0. The number of rotatable bonds is 5.